The van der Waals surface area contributed by atoms with Crippen molar-refractivity contribution in [3.63, 3.8) is 0 Å². The molecule has 0 radical (unpaired) electrons. The molecule has 29 heavy (non-hydrogen) atoms. The summed E-state index contributed by atoms with van der Waals surface area (Å²) in [5, 5.41) is 23.1. The molecule has 1 saturated carbocycles. The molecule has 2 heterocycles. The summed E-state index contributed by atoms with van der Waals surface area (Å²) in [6, 6.07) is 3.74. The number of likely N-dealkylation sites (N-methyl/N-ethyl adjacent to an activating group) is 1. The first kappa shape index (κ1) is 17.9. The summed E-state index contributed by atoms with van der Waals surface area (Å²) in [7, 11) is 2.29. The lowest BCUT2D eigenvalue weighted by Gasteiger charge is -2.64. The first-order valence-corrected chi connectivity index (χ1v) is 10.9. The minimum atomic E-state index is -1.11. The summed E-state index contributed by atoms with van der Waals surface area (Å²) in [6.07, 6.45) is 7.46. The highest BCUT2D eigenvalue weighted by molar-refractivity contribution is 5.97. The average Bonchev–Trinajstić information content (AvgIpc) is 3.00. The minimum Gasteiger partial charge on any atom is -0.485 e. The molecule has 6 heteroatoms. The van der Waals surface area contributed by atoms with Crippen LogP contribution in [0.5, 0.6) is 5.75 Å². The number of primary amides is 1. The number of ether oxygens (including phenoxy) is 1. The maximum Gasteiger partial charge on any atom is 0.252 e. The molecular formula is C23H29N2O4+. The van der Waals surface area contributed by atoms with E-state index >= 15 is 0 Å². The Labute approximate surface area is 170 Å². The van der Waals surface area contributed by atoms with Crippen LogP contribution < -0.4 is 10.5 Å². The fourth-order valence-electron chi connectivity index (χ4n) is 7.26. The van der Waals surface area contributed by atoms with E-state index in [0.717, 1.165) is 47.5 Å². The van der Waals surface area contributed by atoms with Crippen molar-refractivity contribution in [3.05, 3.63) is 41.0 Å². The lowest BCUT2D eigenvalue weighted by atomic mass is 9.50. The highest BCUT2D eigenvalue weighted by Crippen LogP contribution is 2.64. The van der Waals surface area contributed by atoms with Crippen LogP contribution in [0.2, 0.25) is 0 Å². The number of aliphatic hydroxyl groups excluding tert-OH is 1. The monoisotopic (exact) mass is 397 g/mol. The van der Waals surface area contributed by atoms with Gasteiger partial charge in [-0.3, -0.25) is 4.79 Å². The SMILES string of the molecule is C[N@@+]1(CC2CCC2)CCC23c4c5ccc(C(N)=O)c4O[C@H]2[C@@H](O)C=C[C@@]3(O)C1C5. The molecule has 5 aliphatic rings. The number of carbonyl (C=O) groups is 1. The number of likely N-dealkylation sites (tertiary alicyclic amines) is 1. The molecule has 6 atom stereocenters. The zero-order valence-electron chi connectivity index (χ0n) is 16.8. The van der Waals surface area contributed by atoms with Gasteiger partial charge in [0.1, 0.15) is 29.6 Å². The lowest BCUT2D eigenvalue weighted by molar-refractivity contribution is -0.951. The van der Waals surface area contributed by atoms with E-state index in [4.69, 9.17) is 10.5 Å². The number of hydrogen-bond acceptors (Lipinski definition) is 4. The van der Waals surface area contributed by atoms with E-state index in [1.165, 1.54) is 19.3 Å². The zero-order chi connectivity index (χ0) is 20.2. The van der Waals surface area contributed by atoms with Crippen molar-refractivity contribution in [3.8, 4) is 5.75 Å². The van der Waals surface area contributed by atoms with E-state index in [1.54, 1.807) is 12.1 Å². The number of piperidine rings is 1. The van der Waals surface area contributed by atoms with Crippen LogP contribution >= 0.6 is 0 Å². The van der Waals surface area contributed by atoms with Gasteiger partial charge in [0.15, 0.2) is 0 Å². The van der Waals surface area contributed by atoms with Gasteiger partial charge < -0.3 is 25.2 Å². The van der Waals surface area contributed by atoms with Gasteiger partial charge >= 0.3 is 0 Å². The Morgan fingerprint density at radius 2 is 2.17 bits per heavy atom. The molecule has 1 aromatic carbocycles. The lowest BCUT2D eigenvalue weighted by Crippen LogP contribution is -2.80. The Morgan fingerprint density at radius 3 is 2.86 bits per heavy atom. The maximum absolute atomic E-state index is 12.3. The average molecular weight is 397 g/mol. The number of amides is 1. The van der Waals surface area contributed by atoms with Crippen molar-refractivity contribution in [2.45, 2.75) is 61.4 Å². The molecule has 4 N–H and O–H groups in total. The molecule has 2 fully saturated rings. The third-order valence-corrected chi connectivity index (χ3v) is 8.85. The highest BCUT2D eigenvalue weighted by atomic mass is 16.5. The third-order valence-electron chi connectivity index (χ3n) is 8.85. The molecule has 6 rings (SSSR count). The van der Waals surface area contributed by atoms with Crippen LogP contribution in [0.25, 0.3) is 0 Å². The van der Waals surface area contributed by atoms with Gasteiger partial charge in [-0.15, -0.1) is 0 Å². The molecule has 1 amide bonds. The molecule has 2 aliphatic heterocycles. The highest BCUT2D eigenvalue weighted by Gasteiger charge is 2.75. The minimum absolute atomic E-state index is 0.00424. The Balaban J connectivity index is 1.58. The van der Waals surface area contributed by atoms with Crippen LogP contribution in [0.1, 0.15) is 47.2 Å². The molecule has 2 bridgehead atoms. The van der Waals surface area contributed by atoms with E-state index in [-0.39, 0.29) is 6.04 Å². The van der Waals surface area contributed by atoms with E-state index in [0.29, 0.717) is 11.3 Å². The quantitative estimate of drug-likeness (QED) is 0.525. The number of carbonyl (C=O) groups excluding carboxylic acids is 1. The van der Waals surface area contributed by atoms with Gasteiger partial charge in [0, 0.05) is 24.3 Å². The standard InChI is InChI=1S/C23H28N2O4/c1-25(12-13-3-2-4-13)10-9-22-18-14-5-6-15(21(24)27)19(18)29-20(22)16(26)7-8-23(22,28)17(25)11-14/h5-8,13,16-17,20,26,28H,2-4,9-12H2,1H3,(H-,24,27)/p+1/t16-,17?,20-,22?,23+,25-/m0/s1. The maximum atomic E-state index is 12.3. The summed E-state index contributed by atoms with van der Waals surface area (Å²) < 4.78 is 7.11. The number of benzene rings is 1. The van der Waals surface area contributed by atoms with E-state index in [1.807, 2.05) is 12.1 Å². The predicted octanol–water partition coefficient (Wildman–Crippen LogP) is 1.02. The zero-order valence-corrected chi connectivity index (χ0v) is 16.8. The van der Waals surface area contributed by atoms with Crippen molar-refractivity contribution < 1.29 is 24.2 Å². The molecule has 154 valence electrons. The Bertz CT molecular complexity index is 956. The number of aliphatic hydroxyl groups is 2. The summed E-state index contributed by atoms with van der Waals surface area (Å²) in [5.41, 5.74) is 6.18. The first-order chi connectivity index (χ1) is 13.8. The van der Waals surface area contributed by atoms with Crippen molar-refractivity contribution in [2.24, 2.45) is 11.7 Å². The second-order valence-electron chi connectivity index (χ2n) is 10.2. The van der Waals surface area contributed by atoms with Gasteiger partial charge in [-0.05, 0) is 30.5 Å². The Hall–Kier alpha value is -1.89. The summed E-state index contributed by atoms with van der Waals surface area (Å²) in [4.78, 5) is 12.1. The summed E-state index contributed by atoms with van der Waals surface area (Å²) in [6.45, 7) is 2.02. The van der Waals surface area contributed by atoms with Crippen LogP contribution in [0.3, 0.4) is 0 Å². The van der Waals surface area contributed by atoms with Crippen molar-refractivity contribution in [1.29, 1.82) is 0 Å². The second kappa shape index (κ2) is 5.42. The van der Waals surface area contributed by atoms with Crippen molar-refractivity contribution >= 4 is 5.91 Å². The van der Waals surface area contributed by atoms with Gasteiger partial charge in [-0.1, -0.05) is 18.6 Å². The molecule has 1 saturated heterocycles. The van der Waals surface area contributed by atoms with E-state index < -0.39 is 29.1 Å². The Morgan fingerprint density at radius 1 is 1.38 bits per heavy atom. The molecule has 6 nitrogen and oxygen atoms in total. The number of hydrogen-bond donors (Lipinski definition) is 3. The fourth-order valence-corrected chi connectivity index (χ4v) is 7.26. The van der Waals surface area contributed by atoms with Crippen LogP contribution in [0.4, 0.5) is 0 Å². The molecule has 1 aromatic rings. The number of quaternary nitrogens is 1. The third kappa shape index (κ3) is 1.96. The van der Waals surface area contributed by atoms with Gasteiger partial charge in [-0.25, -0.2) is 0 Å². The largest absolute Gasteiger partial charge is 0.485 e. The predicted molar refractivity (Wildman–Crippen MR) is 107 cm³/mol. The van der Waals surface area contributed by atoms with Crippen LogP contribution in [-0.2, 0) is 11.8 Å². The molecule has 0 aromatic heterocycles. The fraction of sp³-hybridized carbons (Fsp3) is 0.609. The first-order valence-electron chi connectivity index (χ1n) is 10.9. The van der Waals surface area contributed by atoms with Crippen LogP contribution in [0.15, 0.2) is 24.3 Å². The van der Waals surface area contributed by atoms with E-state index in [2.05, 4.69) is 7.05 Å². The number of nitrogens with zero attached hydrogens (tertiary/aromatic N) is 1. The number of nitrogens with two attached hydrogens (primary N) is 1. The van der Waals surface area contributed by atoms with Gasteiger partial charge in [0.25, 0.3) is 5.91 Å². The second-order valence-corrected chi connectivity index (χ2v) is 10.2. The smallest absolute Gasteiger partial charge is 0.252 e. The summed E-state index contributed by atoms with van der Waals surface area (Å²) >= 11 is 0. The van der Waals surface area contributed by atoms with Gasteiger partial charge in [-0.2, -0.15) is 0 Å². The van der Waals surface area contributed by atoms with Gasteiger partial charge in [0.2, 0.25) is 0 Å². The van der Waals surface area contributed by atoms with Gasteiger partial charge in [0.05, 0.1) is 31.1 Å². The van der Waals surface area contributed by atoms with Crippen LogP contribution in [0, 0.1) is 5.92 Å². The molecule has 3 aliphatic carbocycles. The molecular weight excluding hydrogens is 368 g/mol. The summed E-state index contributed by atoms with van der Waals surface area (Å²) in [5.74, 6) is 0.683. The topological polar surface area (TPSA) is 92.8 Å². The normalized spacial score (nSPS) is 44.0. The molecule has 1 spiro atoms. The van der Waals surface area contributed by atoms with Crippen molar-refractivity contribution in [1.82, 2.24) is 0 Å². The van der Waals surface area contributed by atoms with Crippen molar-refractivity contribution in [2.75, 3.05) is 20.1 Å². The molecule has 2 unspecified atom stereocenters. The number of rotatable bonds is 3. The Kier molecular flexibility index (Phi) is 3.35. The van der Waals surface area contributed by atoms with Crippen LogP contribution in [-0.4, -0.2) is 64.6 Å². The van der Waals surface area contributed by atoms with E-state index in [9.17, 15) is 15.0 Å².